The Morgan fingerprint density at radius 3 is 2.79 bits per heavy atom. The first kappa shape index (κ1) is 15.9. The van der Waals surface area contributed by atoms with Crippen LogP contribution in [-0.2, 0) is 19.9 Å². The van der Waals surface area contributed by atoms with E-state index in [2.05, 4.69) is 52.3 Å². The molecule has 1 aromatic heterocycles. The molecule has 4 rings (SSSR count). The summed E-state index contributed by atoms with van der Waals surface area (Å²) in [6, 6.07) is 10.7. The molecule has 128 valence electrons. The molecule has 1 N–H and O–H groups in total. The summed E-state index contributed by atoms with van der Waals surface area (Å²) < 4.78 is 2.08. The summed E-state index contributed by atoms with van der Waals surface area (Å²) in [7, 11) is 2.09. The first-order valence-electron chi connectivity index (χ1n) is 9.34. The van der Waals surface area contributed by atoms with Gasteiger partial charge in [0.2, 0.25) is 0 Å². The fourth-order valence-electron chi connectivity index (χ4n) is 4.32. The minimum atomic E-state index is 0.823. The summed E-state index contributed by atoms with van der Waals surface area (Å²) >= 11 is 0. The highest BCUT2D eigenvalue weighted by Gasteiger charge is 2.24. The number of aryl methyl sites for hydroxylation is 1. The molecule has 1 unspecified atom stereocenters. The van der Waals surface area contributed by atoms with Crippen LogP contribution in [0.2, 0.25) is 0 Å². The molecule has 0 bridgehead atoms. The molecule has 3 heterocycles. The van der Waals surface area contributed by atoms with Crippen molar-refractivity contribution in [2.45, 2.75) is 25.7 Å². The fourth-order valence-corrected chi connectivity index (χ4v) is 4.32. The SMILES string of the molecule is Cn1nc2c(c1-c1ccccc1)CCN(CC1CCCNC1)CC2. The highest BCUT2D eigenvalue weighted by molar-refractivity contribution is 5.64. The van der Waals surface area contributed by atoms with Gasteiger partial charge in [0, 0.05) is 44.2 Å². The van der Waals surface area contributed by atoms with Crippen molar-refractivity contribution in [2.24, 2.45) is 13.0 Å². The number of hydrogen-bond donors (Lipinski definition) is 1. The lowest BCUT2D eigenvalue weighted by Gasteiger charge is -2.29. The van der Waals surface area contributed by atoms with Gasteiger partial charge in [-0.2, -0.15) is 5.10 Å². The van der Waals surface area contributed by atoms with Gasteiger partial charge in [-0.3, -0.25) is 4.68 Å². The molecule has 0 spiro atoms. The van der Waals surface area contributed by atoms with Gasteiger partial charge >= 0.3 is 0 Å². The maximum Gasteiger partial charge on any atom is 0.0714 e. The van der Waals surface area contributed by atoms with Crippen molar-refractivity contribution in [2.75, 3.05) is 32.7 Å². The first-order valence-corrected chi connectivity index (χ1v) is 9.34. The van der Waals surface area contributed by atoms with Crippen molar-refractivity contribution in [1.82, 2.24) is 20.0 Å². The molecule has 2 aliphatic rings. The van der Waals surface area contributed by atoms with E-state index < -0.39 is 0 Å². The molecule has 0 amide bonds. The molecule has 2 aliphatic heterocycles. The fraction of sp³-hybridized carbons (Fsp3) is 0.550. The van der Waals surface area contributed by atoms with Crippen LogP contribution in [-0.4, -0.2) is 47.4 Å². The summed E-state index contributed by atoms with van der Waals surface area (Å²) in [5, 5.41) is 8.39. The average molecular weight is 324 g/mol. The van der Waals surface area contributed by atoms with E-state index in [4.69, 9.17) is 5.10 Å². The Kier molecular flexibility index (Phi) is 4.67. The van der Waals surface area contributed by atoms with E-state index in [0.717, 1.165) is 31.8 Å². The lowest BCUT2D eigenvalue weighted by atomic mass is 9.99. The molecule has 1 fully saturated rings. The molecule has 1 saturated heterocycles. The van der Waals surface area contributed by atoms with Crippen LogP contribution in [0.15, 0.2) is 30.3 Å². The van der Waals surface area contributed by atoms with Gasteiger partial charge in [0.15, 0.2) is 0 Å². The second-order valence-electron chi connectivity index (χ2n) is 7.28. The Balaban J connectivity index is 1.50. The van der Waals surface area contributed by atoms with E-state index in [9.17, 15) is 0 Å². The third-order valence-corrected chi connectivity index (χ3v) is 5.53. The zero-order valence-corrected chi connectivity index (χ0v) is 14.7. The van der Waals surface area contributed by atoms with Crippen molar-refractivity contribution in [3.05, 3.63) is 41.6 Å². The Bertz CT molecular complexity index is 670. The smallest absolute Gasteiger partial charge is 0.0714 e. The van der Waals surface area contributed by atoms with Crippen molar-refractivity contribution in [3.8, 4) is 11.3 Å². The van der Waals surface area contributed by atoms with Crippen molar-refractivity contribution in [1.29, 1.82) is 0 Å². The van der Waals surface area contributed by atoms with Gasteiger partial charge in [-0.1, -0.05) is 30.3 Å². The lowest BCUT2D eigenvalue weighted by Crippen LogP contribution is -2.39. The van der Waals surface area contributed by atoms with E-state index in [1.54, 1.807) is 0 Å². The van der Waals surface area contributed by atoms with Gasteiger partial charge in [-0.05, 0) is 38.3 Å². The van der Waals surface area contributed by atoms with Crippen LogP contribution in [0.3, 0.4) is 0 Å². The number of aromatic nitrogens is 2. The molecule has 0 saturated carbocycles. The molecular weight excluding hydrogens is 296 g/mol. The predicted molar refractivity (Wildman–Crippen MR) is 98.1 cm³/mol. The average Bonchev–Trinajstić information content (AvgIpc) is 2.82. The van der Waals surface area contributed by atoms with E-state index in [-0.39, 0.29) is 0 Å². The van der Waals surface area contributed by atoms with E-state index in [1.807, 2.05) is 0 Å². The number of nitrogens with zero attached hydrogens (tertiary/aromatic N) is 3. The first-order chi connectivity index (χ1) is 11.8. The normalized spacial score (nSPS) is 22.1. The molecule has 0 radical (unpaired) electrons. The summed E-state index contributed by atoms with van der Waals surface area (Å²) in [5.74, 6) is 0.823. The maximum atomic E-state index is 4.85. The lowest BCUT2D eigenvalue weighted by molar-refractivity contribution is 0.215. The number of rotatable bonds is 3. The Morgan fingerprint density at radius 1 is 1.17 bits per heavy atom. The van der Waals surface area contributed by atoms with Crippen LogP contribution >= 0.6 is 0 Å². The Morgan fingerprint density at radius 2 is 2.00 bits per heavy atom. The quantitative estimate of drug-likeness (QED) is 0.942. The summed E-state index contributed by atoms with van der Waals surface area (Å²) in [5.41, 5.74) is 5.37. The van der Waals surface area contributed by atoms with Gasteiger partial charge in [0.1, 0.15) is 0 Å². The van der Waals surface area contributed by atoms with Gasteiger partial charge in [-0.15, -0.1) is 0 Å². The van der Waals surface area contributed by atoms with E-state index >= 15 is 0 Å². The number of fused-ring (bicyclic) bond motifs is 1. The maximum absolute atomic E-state index is 4.85. The summed E-state index contributed by atoms with van der Waals surface area (Å²) in [4.78, 5) is 2.66. The molecule has 1 aromatic carbocycles. The van der Waals surface area contributed by atoms with Crippen LogP contribution < -0.4 is 5.32 Å². The zero-order valence-electron chi connectivity index (χ0n) is 14.7. The number of benzene rings is 1. The van der Waals surface area contributed by atoms with Crippen molar-refractivity contribution < 1.29 is 0 Å². The molecule has 2 aromatic rings. The Labute approximate surface area is 144 Å². The minimum Gasteiger partial charge on any atom is -0.316 e. The predicted octanol–water partition coefficient (Wildman–Crippen LogP) is 2.49. The summed E-state index contributed by atoms with van der Waals surface area (Å²) in [6.07, 6.45) is 4.91. The molecule has 24 heavy (non-hydrogen) atoms. The topological polar surface area (TPSA) is 33.1 Å². The van der Waals surface area contributed by atoms with Crippen molar-refractivity contribution >= 4 is 0 Å². The van der Waals surface area contributed by atoms with E-state index in [1.165, 1.54) is 55.0 Å². The van der Waals surface area contributed by atoms with Gasteiger partial charge in [0.05, 0.1) is 11.4 Å². The number of hydrogen-bond acceptors (Lipinski definition) is 3. The molecular formula is C20H28N4. The molecule has 4 heteroatoms. The highest BCUT2D eigenvalue weighted by Crippen LogP contribution is 2.28. The number of piperidine rings is 1. The van der Waals surface area contributed by atoms with Crippen LogP contribution in [0.4, 0.5) is 0 Å². The Hall–Kier alpha value is -1.65. The van der Waals surface area contributed by atoms with Gasteiger partial charge < -0.3 is 10.2 Å². The van der Waals surface area contributed by atoms with Crippen LogP contribution in [0, 0.1) is 5.92 Å². The monoisotopic (exact) mass is 324 g/mol. The van der Waals surface area contributed by atoms with Crippen LogP contribution in [0.5, 0.6) is 0 Å². The van der Waals surface area contributed by atoms with Crippen LogP contribution in [0.1, 0.15) is 24.1 Å². The molecule has 0 aliphatic carbocycles. The van der Waals surface area contributed by atoms with Crippen LogP contribution in [0.25, 0.3) is 11.3 Å². The largest absolute Gasteiger partial charge is 0.316 e. The second-order valence-corrected chi connectivity index (χ2v) is 7.28. The van der Waals surface area contributed by atoms with Crippen molar-refractivity contribution in [3.63, 3.8) is 0 Å². The zero-order chi connectivity index (χ0) is 16.4. The van der Waals surface area contributed by atoms with Gasteiger partial charge in [-0.25, -0.2) is 0 Å². The van der Waals surface area contributed by atoms with Gasteiger partial charge in [0.25, 0.3) is 0 Å². The second kappa shape index (κ2) is 7.08. The third kappa shape index (κ3) is 3.26. The summed E-state index contributed by atoms with van der Waals surface area (Å²) in [6.45, 7) is 5.94. The molecule has 1 atom stereocenters. The standard InChI is InChI=1S/C20H28N4/c1-23-20(17-7-3-2-4-8-17)18-9-12-24(13-10-19(18)22-23)15-16-6-5-11-21-14-16/h2-4,7-8,16,21H,5-6,9-15H2,1H3. The number of nitrogens with one attached hydrogen (secondary N) is 1. The minimum absolute atomic E-state index is 0.823. The molecule has 4 nitrogen and oxygen atoms in total. The van der Waals surface area contributed by atoms with E-state index in [0.29, 0.717) is 0 Å². The third-order valence-electron chi connectivity index (χ3n) is 5.53. The highest BCUT2D eigenvalue weighted by atomic mass is 15.3.